The smallest absolute Gasteiger partial charge is 0.125 e. The molecule has 0 N–H and O–H groups in total. The second-order valence-electron chi connectivity index (χ2n) is 17.3. The molecule has 12 rings (SSSR count). The molecule has 8 aromatic carbocycles. The number of hydrogen-bond acceptors (Lipinski definition) is 0. The average molecular weight is 753 g/mol. The minimum absolute atomic E-state index is 0.174. The average Bonchev–Trinajstić information content (AvgIpc) is 3.87. The van der Waals surface area contributed by atoms with Gasteiger partial charge in [-0.3, -0.25) is 0 Å². The van der Waals surface area contributed by atoms with Crippen LogP contribution in [-0.4, -0.2) is 9.13 Å². The Kier molecular flexibility index (Phi) is 6.57. The Morgan fingerprint density at radius 2 is 0.759 bits per heavy atom. The molecule has 10 aromatic rings. The Bertz CT molecular complexity index is 3200. The normalized spacial score (nSPS) is 14.7. The lowest BCUT2D eigenvalue weighted by molar-refractivity contribution is 0.626. The summed E-state index contributed by atoms with van der Waals surface area (Å²) < 4.78 is 34.2. The van der Waals surface area contributed by atoms with Crippen molar-refractivity contribution in [1.82, 2.24) is 9.13 Å². The predicted octanol–water partition coefficient (Wildman–Crippen LogP) is 14.4. The van der Waals surface area contributed by atoms with Crippen LogP contribution in [0.5, 0.6) is 0 Å². The van der Waals surface area contributed by atoms with Crippen LogP contribution in [0.15, 0.2) is 158 Å². The quantitative estimate of drug-likeness (QED) is 0.170. The molecule has 0 fully saturated rings. The van der Waals surface area contributed by atoms with Gasteiger partial charge in [0.25, 0.3) is 0 Å². The van der Waals surface area contributed by atoms with E-state index in [1.807, 2.05) is 12.1 Å². The van der Waals surface area contributed by atoms with Crippen molar-refractivity contribution in [3.05, 3.63) is 192 Å². The highest BCUT2D eigenvalue weighted by molar-refractivity contribution is 6.15. The number of halogens is 2. The van der Waals surface area contributed by atoms with Crippen LogP contribution in [0.4, 0.5) is 8.78 Å². The molecule has 0 spiro atoms. The second-order valence-corrected chi connectivity index (χ2v) is 17.3. The third kappa shape index (κ3) is 4.40. The Hall–Kier alpha value is -6.78. The first-order valence-corrected chi connectivity index (χ1v) is 20.1. The van der Waals surface area contributed by atoms with E-state index in [2.05, 4.69) is 146 Å². The third-order valence-corrected chi connectivity index (χ3v) is 13.4. The van der Waals surface area contributed by atoms with E-state index < -0.39 is 0 Å². The molecule has 0 radical (unpaired) electrons. The van der Waals surface area contributed by atoms with Gasteiger partial charge in [-0.1, -0.05) is 100 Å². The molecule has 0 saturated heterocycles. The number of benzene rings is 8. The van der Waals surface area contributed by atoms with E-state index in [4.69, 9.17) is 0 Å². The van der Waals surface area contributed by atoms with E-state index in [0.29, 0.717) is 0 Å². The topological polar surface area (TPSA) is 9.86 Å². The zero-order valence-electron chi connectivity index (χ0n) is 32.7. The van der Waals surface area contributed by atoms with Gasteiger partial charge in [0.05, 0.1) is 22.1 Å². The Morgan fingerprint density at radius 3 is 1.19 bits per heavy atom. The second kappa shape index (κ2) is 11.4. The standard InChI is InChI=1S/C54H38F2N2/c1-53(2)45-17-7-5-15-37(45)39-27-43-41-23-31(19-21-49(41)57(51(43)29-47(39)53)35-13-9-11-33(55)25-35)32-20-22-50-42(24-32)44-28-40-38-16-6-8-18-46(38)54(3,4)48(40)30-52(44)58(50)36-14-10-12-34(56)26-36/h5-30H,1-4H3. The maximum atomic E-state index is 14.9. The highest BCUT2D eigenvalue weighted by Gasteiger charge is 2.37. The maximum Gasteiger partial charge on any atom is 0.125 e. The third-order valence-electron chi connectivity index (χ3n) is 13.4. The van der Waals surface area contributed by atoms with Crippen molar-refractivity contribution in [2.75, 3.05) is 0 Å². The van der Waals surface area contributed by atoms with E-state index in [-0.39, 0.29) is 22.5 Å². The molecule has 0 atom stereocenters. The fourth-order valence-electron chi connectivity index (χ4n) is 10.6. The monoisotopic (exact) mass is 752 g/mol. The van der Waals surface area contributed by atoms with Crippen molar-refractivity contribution in [2.45, 2.75) is 38.5 Å². The zero-order valence-corrected chi connectivity index (χ0v) is 32.7. The number of fused-ring (bicyclic) bond motifs is 12. The van der Waals surface area contributed by atoms with Crippen LogP contribution in [-0.2, 0) is 10.8 Å². The number of rotatable bonds is 3. The van der Waals surface area contributed by atoms with Crippen molar-refractivity contribution in [1.29, 1.82) is 0 Å². The predicted molar refractivity (Wildman–Crippen MR) is 236 cm³/mol. The molecule has 0 aliphatic heterocycles. The van der Waals surface area contributed by atoms with E-state index in [1.165, 1.54) is 56.6 Å². The Morgan fingerprint density at radius 1 is 0.345 bits per heavy atom. The molecule has 278 valence electrons. The molecule has 0 saturated carbocycles. The Labute approximate surface area is 335 Å². The van der Waals surface area contributed by atoms with E-state index >= 15 is 0 Å². The SMILES string of the molecule is CC1(C)c2ccccc2-c2cc3c4cc(-c5ccc6c(c5)c5cc7c(cc5n6-c5cccc(F)c5)C(C)(C)c5ccccc5-7)ccc4n(-c4cccc(F)c4)c3cc21. The van der Waals surface area contributed by atoms with Crippen LogP contribution < -0.4 is 0 Å². The van der Waals surface area contributed by atoms with Gasteiger partial charge < -0.3 is 9.13 Å². The van der Waals surface area contributed by atoms with Crippen molar-refractivity contribution < 1.29 is 8.78 Å². The first-order chi connectivity index (χ1) is 28.1. The van der Waals surface area contributed by atoms with Crippen molar-refractivity contribution in [3.63, 3.8) is 0 Å². The molecule has 2 aliphatic rings. The molecule has 58 heavy (non-hydrogen) atoms. The van der Waals surface area contributed by atoms with Gasteiger partial charge in [0.15, 0.2) is 0 Å². The molecule has 0 bridgehead atoms. The van der Waals surface area contributed by atoms with Gasteiger partial charge in [0.2, 0.25) is 0 Å². The van der Waals surface area contributed by atoms with Crippen molar-refractivity contribution >= 4 is 43.6 Å². The Balaban J connectivity index is 1.12. The number of nitrogens with zero attached hydrogens (tertiary/aromatic N) is 2. The van der Waals surface area contributed by atoms with Crippen LogP contribution in [0.1, 0.15) is 49.9 Å². The van der Waals surface area contributed by atoms with Crippen LogP contribution in [0.2, 0.25) is 0 Å². The van der Waals surface area contributed by atoms with Gasteiger partial charge in [-0.2, -0.15) is 0 Å². The van der Waals surface area contributed by atoms with Crippen LogP contribution in [0, 0.1) is 11.6 Å². The summed E-state index contributed by atoms with van der Waals surface area (Å²) in [6, 6.07) is 54.0. The molecule has 4 heteroatoms. The summed E-state index contributed by atoms with van der Waals surface area (Å²) in [4.78, 5) is 0. The minimum atomic E-state index is -0.263. The first-order valence-electron chi connectivity index (χ1n) is 20.1. The molecule has 2 aromatic heterocycles. The van der Waals surface area contributed by atoms with E-state index in [9.17, 15) is 8.78 Å². The van der Waals surface area contributed by atoms with Gasteiger partial charge in [-0.15, -0.1) is 0 Å². The summed E-state index contributed by atoms with van der Waals surface area (Å²) in [6.07, 6.45) is 0. The summed E-state index contributed by atoms with van der Waals surface area (Å²) in [7, 11) is 0. The largest absolute Gasteiger partial charge is 0.309 e. The molecule has 0 unspecified atom stereocenters. The zero-order chi connectivity index (χ0) is 39.2. The number of hydrogen-bond donors (Lipinski definition) is 0. The lowest BCUT2D eigenvalue weighted by Gasteiger charge is -2.21. The highest BCUT2D eigenvalue weighted by Crippen LogP contribution is 2.53. The fraction of sp³-hybridized carbons (Fsp3) is 0.111. The fourth-order valence-corrected chi connectivity index (χ4v) is 10.6. The maximum absolute atomic E-state index is 14.9. The summed E-state index contributed by atoms with van der Waals surface area (Å²) in [5, 5.41) is 4.49. The van der Waals surface area contributed by atoms with E-state index in [1.54, 1.807) is 24.3 Å². The summed E-state index contributed by atoms with van der Waals surface area (Å²) in [5.74, 6) is -0.525. The van der Waals surface area contributed by atoms with Crippen molar-refractivity contribution in [3.8, 4) is 44.8 Å². The van der Waals surface area contributed by atoms with Crippen LogP contribution in [0.25, 0.3) is 88.4 Å². The van der Waals surface area contributed by atoms with Crippen LogP contribution in [0.3, 0.4) is 0 Å². The lowest BCUT2D eigenvalue weighted by Crippen LogP contribution is -2.15. The molecule has 2 nitrogen and oxygen atoms in total. The summed E-state index contributed by atoms with van der Waals surface area (Å²) in [6.45, 7) is 9.19. The van der Waals surface area contributed by atoms with Crippen LogP contribution >= 0.6 is 0 Å². The highest BCUT2D eigenvalue weighted by atomic mass is 19.1. The van der Waals surface area contributed by atoms with Gasteiger partial charge in [0, 0.05) is 43.7 Å². The molecule has 2 aliphatic carbocycles. The summed E-state index contributed by atoms with van der Waals surface area (Å²) >= 11 is 0. The summed E-state index contributed by atoms with van der Waals surface area (Å²) in [5.41, 5.74) is 17.8. The number of aromatic nitrogens is 2. The molecular weight excluding hydrogens is 715 g/mol. The molecule has 2 heterocycles. The van der Waals surface area contributed by atoms with Gasteiger partial charge in [0.1, 0.15) is 11.6 Å². The lowest BCUT2D eigenvalue weighted by atomic mass is 9.82. The van der Waals surface area contributed by atoms with Gasteiger partial charge >= 0.3 is 0 Å². The first kappa shape index (κ1) is 33.4. The van der Waals surface area contributed by atoms with Gasteiger partial charge in [-0.25, -0.2) is 8.78 Å². The van der Waals surface area contributed by atoms with Gasteiger partial charge in [-0.05, 0) is 141 Å². The van der Waals surface area contributed by atoms with E-state index in [0.717, 1.165) is 66.1 Å². The molecular formula is C54H38F2N2. The molecule has 0 amide bonds. The van der Waals surface area contributed by atoms with Crippen molar-refractivity contribution in [2.24, 2.45) is 0 Å². The minimum Gasteiger partial charge on any atom is -0.309 e.